The summed E-state index contributed by atoms with van der Waals surface area (Å²) >= 11 is 1.65. The summed E-state index contributed by atoms with van der Waals surface area (Å²) in [6.45, 7) is 8.26. The monoisotopic (exact) mass is 325 g/mol. The van der Waals surface area contributed by atoms with Gasteiger partial charge in [-0.3, -0.25) is 0 Å². The van der Waals surface area contributed by atoms with Crippen molar-refractivity contribution in [3.8, 4) is 0 Å². The number of anilines is 1. The van der Waals surface area contributed by atoms with E-state index in [4.69, 9.17) is 0 Å². The van der Waals surface area contributed by atoms with Crippen LogP contribution in [0.2, 0.25) is 0 Å². The quantitative estimate of drug-likeness (QED) is 0.893. The van der Waals surface area contributed by atoms with Crippen LogP contribution < -0.4 is 10.2 Å². The topological polar surface area (TPSA) is 51.7 Å². The molecule has 2 rings (SSSR count). The van der Waals surface area contributed by atoms with Gasteiger partial charge in [0, 0.05) is 50.3 Å². The second-order valence-electron chi connectivity index (χ2n) is 6.25. The van der Waals surface area contributed by atoms with Crippen molar-refractivity contribution in [1.82, 2.24) is 20.1 Å². The van der Waals surface area contributed by atoms with Gasteiger partial charge in [-0.1, -0.05) is 13.8 Å². The van der Waals surface area contributed by atoms with Crippen LogP contribution in [-0.4, -0.2) is 73.7 Å². The van der Waals surface area contributed by atoms with Crippen molar-refractivity contribution in [3.63, 3.8) is 0 Å². The molecule has 1 N–H and O–H groups in total. The highest BCUT2D eigenvalue weighted by atomic mass is 32.1. The molecule has 1 fully saturated rings. The Labute approximate surface area is 137 Å². The van der Waals surface area contributed by atoms with Gasteiger partial charge in [0.05, 0.1) is 0 Å². The first-order chi connectivity index (χ1) is 10.5. The van der Waals surface area contributed by atoms with Gasteiger partial charge in [0.1, 0.15) is 0 Å². The van der Waals surface area contributed by atoms with Crippen LogP contribution in [0.4, 0.5) is 9.93 Å². The van der Waals surface area contributed by atoms with Crippen molar-refractivity contribution in [3.05, 3.63) is 11.6 Å². The molecular weight excluding hydrogens is 298 g/mol. The SMILES string of the molecule is CC(C)[C@@H](CNC(=O)N1CCN(c2nccs2)CC1)N(C)C. The Kier molecular flexibility index (Phi) is 6.02. The average molecular weight is 325 g/mol. The van der Waals surface area contributed by atoms with Gasteiger partial charge < -0.3 is 20.0 Å². The predicted molar refractivity (Wildman–Crippen MR) is 91.6 cm³/mol. The average Bonchev–Trinajstić information content (AvgIpc) is 3.01. The van der Waals surface area contributed by atoms with Crippen molar-refractivity contribution in [1.29, 1.82) is 0 Å². The molecule has 0 spiro atoms. The number of rotatable bonds is 5. The summed E-state index contributed by atoms with van der Waals surface area (Å²) in [5.74, 6) is 0.511. The van der Waals surface area contributed by atoms with Crippen LogP contribution in [0.3, 0.4) is 0 Å². The minimum atomic E-state index is 0.0475. The van der Waals surface area contributed by atoms with Gasteiger partial charge in [-0.25, -0.2) is 9.78 Å². The fourth-order valence-electron chi connectivity index (χ4n) is 2.79. The fourth-order valence-corrected chi connectivity index (χ4v) is 3.49. The van der Waals surface area contributed by atoms with Gasteiger partial charge in [0.25, 0.3) is 0 Å². The zero-order chi connectivity index (χ0) is 16.1. The Bertz CT molecular complexity index is 447. The lowest BCUT2D eigenvalue weighted by Gasteiger charge is -2.35. The van der Waals surface area contributed by atoms with Crippen LogP contribution in [-0.2, 0) is 0 Å². The smallest absolute Gasteiger partial charge is 0.317 e. The van der Waals surface area contributed by atoms with E-state index >= 15 is 0 Å². The number of urea groups is 1. The largest absolute Gasteiger partial charge is 0.345 e. The molecule has 1 aromatic heterocycles. The molecule has 0 bridgehead atoms. The summed E-state index contributed by atoms with van der Waals surface area (Å²) in [6, 6.07) is 0.409. The molecule has 2 amide bonds. The van der Waals surface area contributed by atoms with Crippen LogP contribution in [0.5, 0.6) is 0 Å². The summed E-state index contributed by atoms with van der Waals surface area (Å²) in [6.07, 6.45) is 1.83. The zero-order valence-corrected chi connectivity index (χ0v) is 14.8. The molecule has 22 heavy (non-hydrogen) atoms. The minimum Gasteiger partial charge on any atom is -0.345 e. The highest BCUT2D eigenvalue weighted by molar-refractivity contribution is 7.13. The zero-order valence-electron chi connectivity index (χ0n) is 14.0. The lowest BCUT2D eigenvalue weighted by Crippen LogP contribution is -2.54. The summed E-state index contributed by atoms with van der Waals surface area (Å²) in [5.41, 5.74) is 0. The summed E-state index contributed by atoms with van der Waals surface area (Å²) in [7, 11) is 4.12. The van der Waals surface area contributed by atoms with E-state index < -0.39 is 0 Å². The van der Waals surface area contributed by atoms with Crippen molar-refractivity contribution >= 4 is 22.5 Å². The van der Waals surface area contributed by atoms with Crippen LogP contribution >= 0.6 is 11.3 Å². The molecule has 0 aliphatic carbocycles. The molecule has 124 valence electrons. The number of hydrogen-bond acceptors (Lipinski definition) is 5. The summed E-state index contributed by atoms with van der Waals surface area (Å²) in [4.78, 5) is 22.9. The van der Waals surface area contributed by atoms with Crippen molar-refractivity contribution in [2.24, 2.45) is 5.92 Å². The molecule has 1 aliphatic heterocycles. The highest BCUT2D eigenvalue weighted by Gasteiger charge is 2.23. The molecule has 0 radical (unpaired) electrons. The molecule has 1 saturated heterocycles. The van der Waals surface area contributed by atoms with Gasteiger partial charge in [-0.15, -0.1) is 11.3 Å². The number of nitrogens with one attached hydrogen (secondary N) is 1. The van der Waals surface area contributed by atoms with Crippen molar-refractivity contribution in [2.75, 3.05) is 51.7 Å². The number of carbonyl (C=O) groups excluding carboxylic acids is 1. The van der Waals surface area contributed by atoms with E-state index in [-0.39, 0.29) is 6.03 Å². The standard InChI is InChI=1S/C15H27N5OS/c1-12(2)13(18(3)4)11-17-14(21)19-6-8-20(9-7-19)15-16-5-10-22-15/h5,10,12-13H,6-9,11H2,1-4H3,(H,17,21)/t13-/m1/s1. The number of amides is 2. The number of piperazine rings is 1. The summed E-state index contributed by atoms with van der Waals surface area (Å²) < 4.78 is 0. The first-order valence-electron chi connectivity index (χ1n) is 7.82. The lowest BCUT2D eigenvalue weighted by atomic mass is 10.0. The van der Waals surface area contributed by atoms with Crippen molar-refractivity contribution < 1.29 is 4.79 Å². The number of nitrogens with zero attached hydrogens (tertiary/aromatic N) is 4. The molecule has 0 unspecified atom stereocenters. The van der Waals surface area contributed by atoms with Crippen LogP contribution in [0.15, 0.2) is 11.6 Å². The first kappa shape index (κ1) is 17.0. The van der Waals surface area contributed by atoms with Crippen LogP contribution in [0.25, 0.3) is 0 Å². The van der Waals surface area contributed by atoms with Crippen LogP contribution in [0, 0.1) is 5.92 Å². The fraction of sp³-hybridized carbons (Fsp3) is 0.733. The Hall–Kier alpha value is -1.34. The second kappa shape index (κ2) is 7.78. The van der Waals surface area contributed by atoms with Gasteiger partial charge in [0.15, 0.2) is 5.13 Å². The normalized spacial score (nSPS) is 17.2. The Balaban J connectivity index is 1.77. The summed E-state index contributed by atoms with van der Waals surface area (Å²) in [5, 5.41) is 6.11. The first-order valence-corrected chi connectivity index (χ1v) is 8.70. The molecule has 6 nitrogen and oxygen atoms in total. The Morgan fingerprint density at radius 3 is 2.55 bits per heavy atom. The third-order valence-electron chi connectivity index (χ3n) is 4.15. The molecular formula is C15H27N5OS. The van der Waals surface area contributed by atoms with E-state index in [0.717, 1.165) is 31.3 Å². The minimum absolute atomic E-state index is 0.0475. The van der Waals surface area contributed by atoms with Crippen LogP contribution in [0.1, 0.15) is 13.8 Å². The number of hydrogen-bond donors (Lipinski definition) is 1. The van der Waals surface area contributed by atoms with E-state index in [1.165, 1.54) is 0 Å². The van der Waals surface area contributed by atoms with Crippen molar-refractivity contribution in [2.45, 2.75) is 19.9 Å². The maximum atomic E-state index is 12.3. The molecule has 7 heteroatoms. The third kappa shape index (κ3) is 4.33. The van der Waals surface area contributed by atoms with E-state index in [1.807, 2.05) is 16.5 Å². The Morgan fingerprint density at radius 2 is 2.05 bits per heavy atom. The van der Waals surface area contributed by atoms with E-state index in [1.54, 1.807) is 11.3 Å². The second-order valence-corrected chi connectivity index (χ2v) is 7.12. The van der Waals surface area contributed by atoms with E-state index in [9.17, 15) is 4.79 Å². The molecule has 1 atom stereocenters. The van der Waals surface area contributed by atoms with Gasteiger partial charge in [0.2, 0.25) is 0 Å². The molecule has 0 saturated carbocycles. The highest BCUT2D eigenvalue weighted by Crippen LogP contribution is 2.18. The van der Waals surface area contributed by atoms with Gasteiger partial charge in [-0.05, 0) is 20.0 Å². The lowest BCUT2D eigenvalue weighted by molar-refractivity contribution is 0.182. The number of aromatic nitrogens is 1. The molecule has 0 aromatic carbocycles. The number of carbonyl (C=O) groups is 1. The number of likely N-dealkylation sites (N-methyl/N-ethyl adjacent to an activating group) is 1. The van der Waals surface area contributed by atoms with Gasteiger partial charge in [-0.2, -0.15) is 0 Å². The Morgan fingerprint density at radius 1 is 1.36 bits per heavy atom. The van der Waals surface area contributed by atoms with E-state index in [2.05, 4.69) is 48.0 Å². The molecule has 1 aliphatic rings. The maximum absolute atomic E-state index is 12.3. The third-order valence-corrected chi connectivity index (χ3v) is 4.98. The van der Waals surface area contributed by atoms with Gasteiger partial charge >= 0.3 is 6.03 Å². The maximum Gasteiger partial charge on any atom is 0.317 e. The van der Waals surface area contributed by atoms with E-state index in [0.29, 0.717) is 18.5 Å². The number of thiazole rings is 1. The molecule has 2 heterocycles. The molecule has 1 aromatic rings. The predicted octanol–water partition coefficient (Wildman–Crippen LogP) is 1.56.